The van der Waals surface area contributed by atoms with Crippen LogP contribution in [0.2, 0.25) is 0 Å². The van der Waals surface area contributed by atoms with Crippen LogP contribution in [0.4, 0.5) is 11.4 Å². The van der Waals surface area contributed by atoms with Crippen molar-refractivity contribution in [2.24, 2.45) is 0 Å². The predicted molar refractivity (Wildman–Crippen MR) is 108 cm³/mol. The van der Waals surface area contributed by atoms with Gasteiger partial charge in [0.1, 0.15) is 5.69 Å². The van der Waals surface area contributed by atoms with Crippen molar-refractivity contribution >= 4 is 29.2 Å². The highest BCUT2D eigenvalue weighted by Crippen LogP contribution is 2.31. The summed E-state index contributed by atoms with van der Waals surface area (Å²) in [4.78, 5) is 48.7. The molecule has 30 heavy (non-hydrogen) atoms. The van der Waals surface area contributed by atoms with E-state index >= 15 is 0 Å². The zero-order valence-corrected chi connectivity index (χ0v) is 16.2. The van der Waals surface area contributed by atoms with Crippen molar-refractivity contribution in [1.29, 1.82) is 0 Å². The number of nitrogens with one attached hydrogen (secondary N) is 1. The maximum Gasteiger partial charge on any atom is 0.338 e. The van der Waals surface area contributed by atoms with E-state index in [1.165, 1.54) is 12.1 Å². The largest absolute Gasteiger partial charge is 0.452 e. The molecule has 1 heterocycles. The van der Waals surface area contributed by atoms with E-state index in [0.717, 1.165) is 37.6 Å². The van der Waals surface area contributed by atoms with Gasteiger partial charge in [0.25, 0.3) is 11.6 Å². The van der Waals surface area contributed by atoms with Gasteiger partial charge < -0.3 is 9.64 Å². The number of anilines is 1. The van der Waals surface area contributed by atoms with Crippen LogP contribution >= 0.6 is 0 Å². The molecule has 2 aromatic carbocycles. The third-order valence-corrected chi connectivity index (χ3v) is 4.68. The van der Waals surface area contributed by atoms with Crippen LogP contribution < -0.4 is 10.2 Å². The molecule has 0 aromatic heterocycles. The first-order valence-electron chi connectivity index (χ1n) is 9.51. The second-order valence-electron chi connectivity index (χ2n) is 6.86. The van der Waals surface area contributed by atoms with Crippen LogP contribution in [0, 0.1) is 10.1 Å². The molecule has 0 unspecified atom stereocenters. The van der Waals surface area contributed by atoms with Gasteiger partial charge in [0, 0.05) is 19.2 Å². The first kappa shape index (κ1) is 21.0. The Morgan fingerprint density at radius 2 is 1.73 bits per heavy atom. The number of esters is 1. The Hall–Kier alpha value is -3.75. The molecule has 1 saturated heterocycles. The summed E-state index contributed by atoms with van der Waals surface area (Å²) >= 11 is 0. The number of nitro benzene ring substituents is 1. The molecule has 9 heteroatoms. The number of hydrogen-bond acceptors (Lipinski definition) is 7. The number of imide groups is 1. The molecule has 2 aromatic rings. The third-order valence-electron chi connectivity index (χ3n) is 4.68. The van der Waals surface area contributed by atoms with Crippen molar-refractivity contribution in [1.82, 2.24) is 5.32 Å². The molecule has 1 N–H and O–H groups in total. The van der Waals surface area contributed by atoms with Gasteiger partial charge >= 0.3 is 5.97 Å². The fraction of sp³-hybridized carbons (Fsp3) is 0.286. The highest BCUT2D eigenvalue weighted by Gasteiger charge is 2.24. The SMILES string of the molecule is O=C(COC(=O)c1ccc(N2CCCC2)c([N+](=O)[O-])c1)NC(=O)Cc1ccccc1. The summed E-state index contributed by atoms with van der Waals surface area (Å²) in [7, 11) is 0. The van der Waals surface area contributed by atoms with Gasteiger partial charge in [0.15, 0.2) is 6.61 Å². The fourth-order valence-corrected chi connectivity index (χ4v) is 3.25. The van der Waals surface area contributed by atoms with Crippen molar-refractivity contribution in [2.75, 3.05) is 24.6 Å². The number of benzene rings is 2. The lowest BCUT2D eigenvalue weighted by Gasteiger charge is -2.17. The first-order chi connectivity index (χ1) is 14.4. The van der Waals surface area contributed by atoms with Gasteiger partial charge in [-0.05, 0) is 30.5 Å². The topological polar surface area (TPSA) is 119 Å². The lowest BCUT2D eigenvalue weighted by atomic mass is 10.1. The van der Waals surface area contributed by atoms with E-state index in [2.05, 4.69) is 5.32 Å². The molecular formula is C21H21N3O6. The Morgan fingerprint density at radius 1 is 1.03 bits per heavy atom. The van der Waals surface area contributed by atoms with Gasteiger partial charge in [-0.25, -0.2) is 4.79 Å². The molecule has 0 radical (unpaired) electrons. The third kappa shape index (κ3) is 5.40. The van der Waals surface area contributed by atoms with Crippen LogP contribution in [0.25, 0.3) is 0 Å². The summed E-state index contributed by atoms with van der Waals surface area (Å²) < 4.78 is 4.90. The van der Waals surface area contributed by atoms with Crippen molar-refractivity contribution in [3.63, 3.8) is 0 Å². The zero-order valence-electron chi connectivity index (χ0n) is 16.2. The first-order valence-corrected chi connectivity index (χ1v) is 9.51. The number of hydrogen-bond donors (Lipinski definition) is 1. The molecular weight excluding hydrogens is 390 g/mol. The summed E-state index contributed by atoms with van der Waals surface area (Å²) in [5.74, 6) is -2.17. The monoisotopic (exact) mass is 411 g/mol. The number of ether oxygens (including phenoxy) is 1. The van der Waals surface area contributed by atoms with E-state index in [9.17, 15) is 24.5 Å². The van der Waals surface area contributed by atoms with Gasteiger partial charge in [-0.3, -0.25) is 25.0 Å². The maximum absolute atomic E-state index is 12.2. The van der Waals surface area contributed by atoms with Crippen molar-refractivity contribution in [3.8, 4) is 0 Å². The fourth-order valence-electron chi connectivity index (χ4n) is 3.25. The highest BCUT2D eigenvalue weighted by atomic mass is 16.6. The van der Waals surface area contributed by atoms with Gasteiger partial charge in [0.05, 0.1) is 16.9 Å². The summed E-state index contributed by atoms with van der Waals surface area (Å²) in [6.07, 6.45) is 1.93. The van der Waals surface area contributed by atoms with E-state index in [4.69, 9.17) is 4.74 Å². The van der Waals surface area contributed by atoms with Gasteiger partial charge in [-0.2, -0.15) is 0 Å². The standard InChI is InChI=1S/C21H21N3O6/c25-19(12-15-6-2-1-3-7-15)22-20(26)14-30-21(27)16-8-9-17(18(13-16)24(28)29)23-10-4-5-11-23/h1-3,6-9,13H,4-5,10-12,14H2,(H,22,25,26). The van der Waals surface area contributed by atoms with Gasteiger partial charge in [-0.15, -0.1) is 0 Å². The molecule has 0 atom stereocenters. The summed E-state index contributed by atoms with van der Waals surface area (Å²) in [5.41, 5.74) is 0.977. The second kappa shape index (κ2) is 9.64. The minimum atomic E-state index is -0.878. The molecule has 2 amide bonds. The number of carbonyl (C=O) groups is 3. The number of nitrogens with zero attached hydrogens (tertiary/aromatic N) is 2. The van der Waals surface area contributed by atoms with Crippen LogP contribution in [-0.2, 0) is 20.7 Å². The summed E-state index contributed by atoms with van der Waals surface area (Å²) in [5, 5.41) is 13.6. The Balaban J connectivity index is 1.56. The van der Waals surface area contributed by atoms with Crippen LogP contribution in [0.15, 0.2) is 48.5 Å². The zero-order chi connectivity index (χ0) is 21.5. The molecule has 0 bridgehead atoms. The molecule has 1 aliphatic rings. The summed E-state index contributed by atoms with van der Waals surface area (Å²) in [6.45, 7) is 0.782. The Bertz CT molecular complexity index is 954. The van der Waals surface area contributed by atoms with Gasteiger partial charge in [-0.1, -0.05) is 30.3 Å². The molecule has 1 fully saturated rings. The molecule has 0 saturated carbocycles. The smallest absolute Gasteiger partial charge is 0.338 e. The van der Waals surface area contributed by atoms with Crippen LogP contribution in [-0.4, -0.2) is 42.4 Å². The van der Waals surface area contributed by atoms with Gasteiger partial charge in [0.2, 0.25) is 5.91 Å². The normalized spacial score (nSPS) is 13.0. The Kier molecular flexibility index (Phi) is 6.74. The van der Waals surface area contributed by atoms with E-state index in [1.807, 2.05) is 11.0 Å². The molecule has 1 aliphatic heterocycles. The van der Waals surface area contributed by atoms with E-state index in [-0.39, 0.29) is 17.7 Å². The van der Waals surface area contributed by atoms with Crippen LogP contribution in [0.5, 0.6) is 0 Å². The number of amides is 2. The van der Waals surface area contributed by atoms with E-state index < -0.39 is 29.3 Å². The van der Waals surface area contributed by atoms with Crippen molar-refractivity contribution in [3.05, 3.63) is 69.8 Å². The van der Waals surface area contributed by atoms with E-state index in [0.29, 0.717) is 5.69 Å². The quantitative estimate of drug-likeness (QED) is 0.422. The Labute approximate surface area is 172 Å². The van der Waals surface area contributed by atoms with Crippen molar-refractivity contribution < 1.29 is 24.0 Å². The number of carbonyl (C=O) groups excluding carboxylic acids is 3. The average Bonchev–Trinajstić information content (AvgIpc) is 3.27. The molecule has 0 spiro atoms. The molecule has 3 rings (SSSR count). The molecule has 0 aliphatic carbocycles. The minimum absolute atomic E-state index is 0.0185. The highest BCUT2D eigenvalue weighted by molar-refractivity contribution is 5.98. The lowest BCUT2D eigenvalue weighted by molar-refractivity contribution is -0.384. The van der Waals surface area contributed by atoms with Crippen LogP contribution in [0.3, 0.4) is 0 Å². The molecule has 9 nitrogen and oxygen atoms in total. The predicted octanol–water partition coefficient (Wildman–Crippen LogP) is 2.24. The van der Waals surface area contributed by atoms with Crippen LogP contribution in [0.1, 0.15) is 28.8 Å². The maximum atomic E-state index is 12.2. The van der Waals surface area contributed by atoms with Crippen molar-refractivity contribution in [2.45, 2.75) is 19.3 Å². The van der Waals surface area contributed by atoms with E-state index in [1.54, 1.807) is 24.3 Å². The second-order valence-corrected chi connectivity index (χ2v) is 6.86. The molecule has 156 valence electrons. The Morgan fingerprint density at radius 3 is 2.40 bits per heavy atom. The number of nitro groups is 1. The summed E-state index contributed by atoms with van der Waals surface area (Å²) in [6, 6.07) is 13.0. The number of rotatable bonds is 7. The average molecular weight is 411 g/mol. The lowest BCUT2D eigenvalue weighted by Crippen LogP contribution is -2.35. The minimum Gasteiger partial charge on any atom is -0.452 e.